The number of thiazole rings is 2. The summed E-state index contributed by atoms with van der Waals surface area (Å²) in [4.78, 5) is 88.5. The summed E-state index contributed by atoms with van der Waals surface area (Å²) in [5.41, 5.74) is 1.88. The lowest BCUT2D eigenvalue weighted by atomic mass is 10.1. The standard InChI is InChI=1S/C67H82N18O14S4/c1-9-81(10-2)53-37-49(51(39-55(53)98-7)77-79-66-72-59(83-25-15-13-16-26-83)57(100-66)35-47(41(5)88)61(90)68-43-21-19-23-45(33-43)102(92,93)94)70-63-74-64(76-65(75-63)85(29-31-86)30-32-87)71-50-38-54(82(11-3)12-4)56(99-8)40-52(50)78-80-67-73-60(84-27-17-14-18-28-84)58(101-67)36-48(42(6)89)62(91)69-44-22-20-24-46(34-44)103(95,96)97/h19-24,33-40,86-87H,9-18,25-32H2,1-8H3,(H,68,90)(H,69,91)(H,92,93,94)(H,95,96,97)(H2,70,71,74,75,76)/b47-35+,48-36?,79-77+,80-78+. The van der Waals surface area contributed by atoms with Gasteiger partial charge in [0.05, 0.1) is 80.9 Å². The number of carbonyl (C=O) groups excluding carboxylic acids is 4. The number of nitrogens with one attached hydrogen (secondary N) is 4. The molecule has 0 unspecified atom stereocenters. The van der Waals surface area contributed by atoms with Crippen molar-refractivity contribution in [3.63, 3.8) is 0 Å². The third-order valence-electron chi connectivity index (χ3n) is 16.6. The molecule has 0 aliphatic carbocycles. The van der Waals surface area contributed by atoms with Crippen LogP contribution < -0.4 is 55.2 Å². The second-order valence-corrected chi connectivity index (χ2v) is 28.3. The number of aliphatic hydroxyl groups excluding tert-OH is 2. The van der Waals surface area contributed by atoms with Gasteiger partial charge >= 0.3 is 0 Å². The minimum atomic E-state index is -4.61. The number of rotatable bonds is 33. The Hall–Kier alpha value is -9.95. The molecule has 2 fully saturated rings. The van der Waals surface area contributed by atoms with E-state index < -0.39 is 53.4 Å². The van der Waals surface area contributed by atoms with Crippen LogP contribution in [0.1, 0.15) is 89.8 Å². The molecule has 5 heterocycles. The van der Waals surface area contributed by atoms with Gasteiger partial charge in [-0.25, -0.2) is 0 Å². The van der Waals surface area contributed by atoms with Crippen molar-refractivity contribution in [2.24, 2.45) is 20.5 Å². The van der Waals surface area contributed by atoms with Crippen LogP contribution in [0.2, 0.25) is 0 Å². The molecule has 2 aliphatic heterocycles. The lowest BCUT2D eigenvalue weighted by Gasteiger charge is -2.27. The number of nitrogens with zero attached hydrogens (tertiary/aromatic N) is 14. The number of amides is 2. The van der Waals surface area contributed by atoms with Crippen LogP contribution >= 0.6 is 22.7 Å². The molecule has 36 heteroatoms. The first kappa shape index (κ1) is 77.2. The predicted octanol–water partition coefficient (Wildman–Crippen LogP) is 11.3. The molecule has 0 saturated carbocycles. The van der Waals surface area contributed by atoms with Gasteiger partial charge < -0.3 is 65.5 Å². The molecule has 3 aromatic heterocycles. The van der Waals surface area contributed by atoms with Gasteiger partial charge in [-0.15, -0.1) is 20.5 Å². The summed E-state index contributed by atoms with van der Waals surface area (Å²) in [5, 5.41) is 51.7. The highest BCUT2D eigenvalue weighted by atomic mass is 32.2. The highest BCUT2D eigenvalue weighted by Crippen LogP contribution is 2.45. The number of aromatic nitrogens is 5. The van der Waals surface area contributed by atoms with E-state index in [1.807, 2.05) is 37.5 Å². The number of piperidine rings is 2. The van der Waals surface area contributed by atoms with Crippen molar-refractivity contribution < 1.29 is 64.8 Å². The van der Waals surface area contributed by atoms with Crippen LogP contribution in [-0.2, 0) is 39.4 Å². The normalized spacial score (nSPS) is 13.9. The first-order valence-corrected chi connectivity index (χ1v) is 37.7. The lowest BCUT2D eigenvalue weighted by molar-refractivity contribution is -0.120. The number of hydrogen-bond donors (Lipinski definition) is 8. The number of Topliss-reactive ketones (excluding diaryl/α,β-unsaturated/α-hetero) is 2. The molecule has 0 bridgehead atoms. The average molecular weight is 1490 g/mol. The van der Waals surface area contributed by atoms with Crippen LogP contribution in [0.4, 0.5) is 85.2 Å². The molecule has 0 spiro atoms. The van der Waals surface area contributed by atoms with Gasteiger partial charge in [0.1, 0.15) is 34.5 Å². The van der Waals surface area contributed by atoms with Gasteiger partial charge in [0.25, 0.3) is 32.1 Å². The molecule has 7 aromatic rings. The van der Waals surface area contributed by atoms with Crippen molar-refractivity contribution in [2.45, 2.75) is 89.9 Å². The van der Waals surface area contributed by atoms with E-state index in [-0.39, 0.29) is 88.3 Å². The fraction of sp³-hybridized carbons (Fsp3) is 0.388. The van der Waals surface area contributed by atoms with Gasteiger partial charge in [-0.1, -0.05) is 34.8 Å². The molecule has 4 aromatic carbocycles. The van der Waals surface area contributed by atoms with Crippen LogP contribution in [0, 0.1) is 0 Å². The van der Waals surface area contributed by atoms with Crippen LogP contribution in [-0.4, -0.2) is 177 Å². The first-order valence-electron chi connectivity index (χ1n) is 33.2. The first-order chi connectivity index (χ1) is 49.4. The number of methoxy groups -OCH3 is 2. The summed E-state index contributed by atoms with van der Waals surface area (Å²) < 4.78 is 79.1. The number of aliphatic hydroxyl groups is 2. The Morgan fingerprint density at radius 1 is 0.544 bits per heavy atom. The molecule has 103 heavy (non-hydrogen) atoms. The maximum absolute atomic E-state index is 13.9. The summed E-state index contributed by atoms with van der Waals surface area (Å²) in [5.74, 6) is -1.17. The summed E-state index contributed by atoms with van der Waals surface area (Å²) in [7, 11) is -6.18. The zero-order valence-electron chi connectivity index (χ0n) is 58.1. The van der Waals surface area contributed by atoms with E-state index >= 15 is 0 Å². The fourth-order valence-electron chi connectivity index (χ4n) is 11.4. The van der Waals surface area contributed by atoms with Gasteiger partial charge in [0, 0.05) is 89.0 Å². The van der Waals surface area contributed by atoms with Crippen molar-refractivity contribution in [3.8, 4) is 11.5 Å². The van der Waals surface area contributed by atoms with Crippen molar-refractivity contribution in [1.29, 1.82) is 0 Å². The van der Waals surface area contributed by atoms with Gasteiger partial charge in [-0.05, 0) is 141 Å². The van der Waals surface area contributed by atoms with Gasteiger partial charge in [0.2, 0.25) is 28.1 Å². The van der Waals surface area contributed by atoms with Crippen molar-refractivity contribution >= 4 is 164 Å². The highest BCUT2D eigenvalue weighted by Gasteiger charge is 2.28. The van der Waals surface area contributed by atoms with Gasteiger partial charge in [-0.3, -0.25) is 28.3 Å². The maximum atomic E-state index is 13.9. The molecule has 9 rings (SSSR count). The molecule has 2 aliphatic rings. The molecule has 548 valence electrons. The monoisotopic (exact) mass is 1490 g/mol. The molecule has 32 nitrogen and oxygen atoms in total. The molecule has 2 saturated heterocycles. The number of hydrogen-bond acceptors (Lipinski definition) is 30. The number of benzene rings is 4. The Bertz CT molecular complexity index is 4320. The summed E-state index contributed by atoms with van der Waals surface area (Å²) >= 11 is 2.13. The van der Waals surface area contributed by atoms with Crippen molar-refractivity contribution in [3.05, 3.63) is 93.7 Å². The smallest absolute Gasteiger partial charge is 0.294 e. The quantitative estimate of drug-likeness (QED) is 0.00623. The van der Waals surface area contributed by atoms with E-state index in [0.717, 1.165) is 85.5 Å². The predicted molar refractivity (Wildman–Crippen MR) is 398 cm³/mol. The molecule has 0 radical (unpaired) electrons. The molecule has 2 amide bonds. The molecule has 8 N–H and O–H groups in total. The maximum Gasteiger partial charge on any atom is 0.294 e. The Balaban J connectivity index is 1.13. The van der Waals surface area contributed by atoms with Gasteiger partial charge in [-0.2, -0.15) is 41.8 Å². The van der Waals surface area contributed by atoms with Gasteiger partial charge in [0.15, 0.2) is 11.6 Å². The Morgan fingerprint density at radius 2 is 0.932 bits per heavy atom. The summed E-state index contributed by atoms with van der Waals surface area (Å²) in [6.45, 7) is 14.5. The SMILES string of the molecule is CCN(CC)c1cc(Nc2nc(Nc3cc(N(CC)CC)c(OC)cc3/N=N/c3nc(N4CCCCC4)c(/C=C(\C(C)=O)C(=O)Nc4cccc(S(=O)(=O)O)c4)s3)nc(N(CCO)CCO)n2)c(/N=N/c2nc(N3CCCCC3)c(C=C(C(C)=O)C(=O)Nc3cccc(S(=O)(=O)O)c3)s2)cc1OC. The summed E-state index contributed by atoms with van der Waals surface area (Å²) in [6, 6.07) is 16.9. The topological polar surface area (TPSA) is 414 Å². The zero-order valence-corrected chi connectivity index (χ0v) is 61.3. The van der Waals surface area contributed by atoms with Crippen LogP contribution in [0.3, 0.4) is 0 Å². The summed E-state index contributed by atoms with van der Waals surface area (Å²) in [6.07, 6.45) is 8.19. The van der Waals surface area contributed by atoms with Crippen molar-refractivity contribution in [2.75, 3.05) is 139 Å². The molecular formula is C67H82N18O14S4. The number of ketones is 2. The van der Waals surface area contributed by atoms with Crippen molar-refractivity contribution in [1.82, 2.24) is 24.9 Å². The van der Waals surface area contributed by atoms with E-state index in [9.17, 15) is 55.3 Å². The van der Waals surface area contributed by atoms with E-state index in [1.165, 1.54) is 64.5 Å². The minimum Gasteiger partial charge on any atom is -0.494 e. The lowest BCUT2D eigenvalue weighted by Crippen LogP contribution is -2.31. The van der Waals surface area contributed by atoms with E-state index in [0.29, 0.717) is 108 Å². The second-order valence-electron chi connectivity index (χ2n) is 23.4. The van der Waals surface area contributed by atoms with E-state index in [1.54, 1.807) is 29.2 Å². The van der Waals surface area contributed by atoms with Crippen LogP contribution in [0.5, 0.6) is 11.5 Å². The third-order valence-corrected chi connectivity index (χ3v) is 20.0. The third kappa shape index (κ3) is 19.8. The number of ether oxygens (including phenoxy) is 2. The number of azo groups is 2. The minimum absolute atomic E-state index is 0.00646. The Labute approximate surface area is 604 Å². The number of carbonyl (C=O) groups is 4. The van der Waals surface area contributed by atoms with E-state index in [2.05, 4.69) is 41.3 Å². The Kier molecular flexibility index (Phi) is 26.5. The fourth-order valence-corrected chi connectivity index (χ4v) is 14.1. The second kappa shape index (κ2) is 35.3. The highest BCUT2D eigenvalue weighted by molar-refractivity contribution is 7.86. The zero-order chi connectivity index (χ0) is 74.1. The van der Waals surface area contributed by atoms with Crippen LogP contribution in [0.15, 0.2) is 114 Å². The van der Waals surface area contributed by atoms with E-state index in [4.69, 9.17) is 44.6 Å². The van der Waals surface area contributed by atoms with Crippen LogP contribution in [0.25, 0.3) is 12.2 Å². The largest absolute Gasteiger partial charge is 0.494 e. The average Bonchev–Trinajstić information content (AvgIpc) is 1.72. The molecular weight excluding hydrogens is 1410 g/mol. The number of anilines is 11. The molecule has 0 atom stereocenters. The Morgan fingerprint density at radius 3 is 1.27 bits per heavy atom.